The summed E-state index contributed by atoms with van der Waals surface area (Å²) < 4.78 is 103. The number of nitrogen functional groups attached to an aromatic ring is 1. The smallest absolute Gasteiger partial charge is 0.435 e. The number of nitriles is 2. The summed E-state index contributed by atoms with van der Waals surface area (Å²) in [5.41, 5.74) is 7.64. The van der Waals surface area contributed by atoms with E-state index in [9.17, 15) is 41.4 Å². The number of rotatable bonds is 17. The first-order valence-corrected chi connectivity index (χ1v) is 35.1. The number of carbonyl (C=O) groups excluding carboxylic acids is 1. The molecule has 0 unspecified atom stereocenters. The number of H-pyrrole nitrogens is 1. The molecule has 17 rings (SSSR count). The van der Waals surface area contributed by atoms with Crippen LogP contribution in [-0.2, 0) is 38.0 Å². The first-order valence-electron chi connectivity index (χ1n) is 34.7. The predicted molar refractivity (Wildman–Crippen MR) is 406 cm³/mol. The second-order valence-electron chi connectivity index (χ2n) is 26.0. The maximum Gasteiger partial charge on any atom is 0.435 e. The van der Waals surface area contributed by atoms with Crippen LogP contribution in [0.1, 0.15) is 54.2 Å². The van der Waals surface area contributed by atoms with Gasteiger partial charge in [0.2, 0.25) is 5.82 Å². The highest BCUT2D eigenvalue weighted by Crippen LogP contribution is 2.32. The topological polar surface area (TPSA) is 458 Å². The van der Waals surface area contributed by atoms with E-state index in [1.54, 1.807) is 150 Å². The van der Waals surface area contributed by atoms with Crippen molar-refractivity contribution in [3.8, 4) is 110 Å². The second kappa shape index (κ2) is 34.1. The highest BCUT2D eigenvalue weighted by atomic mass is 35.5. The molecule has 0 amide bonds. The standard InChI is InChI=1S/C24H22FN7O4.C18H10ClFN6O.C18H13FN8O.C17H11F2N5O3/c1-24(2,3)36-23(34)32-21-15(22(33)30(32)4)12-26-20(27-21)18-11-19(17-9-10-35-29-17)31(28-18)13-14-7-5-6-8-16(14)25;19-17-12(8-21)9-22-18(23-17)15-7-16(14-5-6-27-25-14)26(24-15)10-11-3-1-2-4-13(11)20;19-13-4-2-1-3-11(13)10-27-16(14-5-6-28-26-14)7-15(25-27)18-22-9-12(8-20)17(23-18)24-21;18-10-4-2-1-3-9(10)8-24-13(11-5-6-27-23-11)7-12(22-24)15-20-16(25)14(19)17(26)21-15/h5-12H,13H2,1-4H3;1-7,9H,10H2;1-7,9H,10,21H2,(H,22,23,24);1-7H,8H2,(H2,20,21,25,26). The number of fused-ring (bicyclic) bond motifs is 1. The molecule has 0 aliphatic carbocycles. The summed E-state index contributed by atoms with van der Waals surface area (Å²) in [6, 6.07) is 42.5. The number of hydrazine groups is 1. The minimum absolute atomic E-state index is 0.0362. The monoisotopic (exact) mass is 1620 g/mol. The molecule has 0 bridgehead atoms. The zero-order chi connectivity index (χ0) is 82.9. The van der Waals surface area contributed by atoms with Gasteiger partial charge in [-0.2, -0.15) is 45.0 Å². The number of carbonyl (C=O) groups is 1. The Hall–Kier alpha value is -16.1. The van der Waals surface area contributed by atoms with Gasteiger partial charge in [0.25, 0.3) is 17.0 Å². The molecule has 13 heterocycles. The second-order valence-corrected chi connectivity index (χ2v) is 26.4. The molecule has 118 heavy (non-hydrogen) atoms. The Labute approximate surface area is 663 Å². The molecular weight excluding hydrogens is 1560 g/mol. The van der Waals surface area contributed by atoms with Crippen molar-refractivity contribution in [3.63, 3.8) is 0 Å². The van der Waals surface area contributed by atoms with Crippen LogP contribution >= 0.6 is 11.6 Å². The maximum absolute atomic E-state index is 14.4. The summed E-state index contributed by atoms with van der Waals surface area (Å²) in [6.45, 7) is 5.71. The summed E-state index contributed by atoms with van der Waals surface area (Å²) in [5, 5.41) is 61.2. The van der Waals surface area contributed by atoms with E-state index < -0.39 is 40.3 Å². The number of aromatic amines is 1. The van der Waals surface area contributed by atoms with Crippen molar-refractivity contribution >= 4 is 34.5 Å². The molecule has 0 saturated heterocycles. The highest BCUT2D eigenvalue weighted by Gasteiger charge is 2.28. The Morgan fingerprint density at radius 2 is 0.907 bits per heavy atom. The van der Waals surface area contributed by atoms with Gasteiger partial charge in [0.05, 0.1) is 61.3 Å². The zero-order valence-electron chi connectivity index (χ0n) is 61.6. The molecule has 0 radical (unpaired) electrons. The normalized spacial score (nSPS) is 11.1. The highest BCUT2D eigenvalue weighted by molar-refractivity contribution is 6.30. The molecule has 0 aliphatic rings. The first kappa shape index (κ1) is 78.6. The van der Waals surface area contributed by atoms with Gasteiger partial charge >= 0.3 is 6.09 Å². The molecule has 13 aromatic heterocycles. The third kappa shape index (κ3) is 17.3. The molecule has 5 N–H and O–H groups in total. The molecule has 0 saturated carbocycles. The molecule has 0 spiro atoms. The summed E-state index contributed by atoms with van der Waals surface area (Å²) in [4.78, 5) is 68.3. The number of halogens is 6. The molecule has 41 heteroatoms. The van der Waals surface area contributed by atoms with Gasteiger partial charge in [0.1, 0.15) is 128 Å². The zero-order valence-corrected chi connectivity index (χ0v) is 62.3. The lowest BCUT2D eigenvalue weighted by Crippen LogP contribution is -2.32. The molecule has 17 aromatic rings. The van der Waals surface area contributed by atoms with Crippen LogP contribution < -0.4 is 22.4 Å². The van der Waals surface area contributed by atoms with Crippen LogP contribution in [0, 0.1) is 51.7 Å². The average molecular weight is 1620 g/mol. The molecule has 35 nitrogen and oxygen atoms in total. The molecule has 590 valence electrons. The Kier molecular flexibility index (Phi) is 22.7. The summed E-state index contributed by atoms with van der Waals surface area (Å²) in [7, 11) is 1.44. The van der Waals surface area contributed by atoms with Crippen LogP contribution in [0.3, 0.4) is 0 Å². The Morgan fingerprint density at radius 1 is 0.534 bits per heavy atom. The lowest BCUT2D eigenvalue weighted by atomic mass is 10.2. The Bertz CT molecular complexity index is 6720. The fourth-order valence-corrected chi connectivity index (χ4v) is 11.7. The van der Waals surface area contributed by atoms with Gasteiger partial charge < -0.3 is 38.3 Å². The molecule has 4 aromatic carbocycles. The fraction of sp³-hybridized carbons (Fsp3) is 0.117. The minimum Gasteiger partial charge on any atom is -0.491 e. The summed E-state index contributed by atoms with van der Waals surface area (Å²) in [6.07, 6.45) is 8.91. The SMILES string of the molecule is Cn1c(=O)c2cnc(-c3cc(-c4ccon4)n(Cc4ccccc4F)n3)nc2n1C(=O)OC(C)(C)C.N#Cc1cnc(-c2cc(-c3ccon3)n(Cc3ccccc3F)n2)nc1Cl.N#Cc1cnc(-c2cc(-c3ccon3)n(Cc3ccccc3F)n2)nc1NN.O=c1[nH]c(-c2cc(-c3ccon3)n(Cc3ccccc3F)n2)nc(O)c1F. The van der Waals surface area contributed by atoms with Crippen LogP contribution in [-0.4, -0.2) is 126 Å². The van der Waals surface area contributed by atoms with E-state index in [0.717, 1.165) is 9.36 Å². The number of benzene rings is 4. The minimum atomic E-state index is -1.39. The van der Waals surface area contributed by atoms with Crippen molar-refractivity contribution in [2.24, 2.45) is 12.9 Å². The Balaban J connectivity index is 0.000000130. The van der Waals surface area contributed by atoms with Gasteiger partial charge in [-0.25, -0.2) is 62.8 Å². The van der Waals surface area contributed by atoms with Crippen LogP contribution in [0.2, 0.25) is 5.15 Å². The van der Waals surface area contributed by atoms with Crippen molar-refractivity contribution in [3.05, 3.63) is 278 Å². The third-order valence-electron chi connectivity index (χ3n) is 17.1. The largest absolute Gasteiger partial charge is 0.491 e. The van der Waals surface area contributed by atoms with Crippen molar-refractivity contribution in [1.82, 2.24) is 109 Å². The van der Waals surface area contributed by atoms with Crippen LogP contribution in [0.5, 0.6) is 5.88 Å². The van der Waals surface area contributed by atoms with Crippen LogP contribution in [0.4, 0.5) is 32.6 Å². The van der Waals surface area contributed by atoms with Crippen molar-refractivity contribution in [2.45, 2.75) is 52.6 Å². The number of anilines is 1. The van der Waals surface area contributed by atoms with Crippen molar-refractivity contribution < 1.29 is 54.7 Å². The fourth-order valence-electron chi connectivity index (χ4n) is 11.5. The number of aromatic hydroxyl groups is 1. The van der Waals surface area contributed by atoms with Gasteiger partial charge in [0, 0.05) is 59.8 Å². The molecular formula is C77H56ClF5N26O9. The first-order chi connectivity index (χ1) is 57.0. The molecule has 0 aliphatic heterocycles. The van der Waals surface area contributed by atoms with Gasteiger partial charge in [-0.1, -0.05) is 105 Å². The van der Waals surface area contributed by atoms with E-state index >= 15 is 0 Å². The van der Waals surface area contributed by atoms with Crippen LogP contribution in [0.15, 0.2) is 217 Å². The van der Waals surface area contributed by atoms with Gasteiger partial charge in [0.15, 0.2) is 39.9 Å². The number of nitrogens with zero attached hydrogens (tertiary/aromatic N) is 23. The summed E-state index contributed by atoms with van der Waals surface area (Å²) in [5.74, 6) is 2.23. The number of nitrogens with two attached hydrogens (primary N) is 1. The van der Waals surface area contributed by atoms with Gasteiger partial charge in [-0.05, 0) is 69.3 Å². The van der Waals surface area contributed by atoms with E-state index in [4.69, 9.17) is 50.8 Å². The van der Waals surface area contributed by atoms with Crippen molar-refractivity contribution in [1.29, 1.82) is 10.5 Å². The number of hydrogen-bond acceptors (Lipinski definition) is 28. The van der Waals surface area contributed by atoms with E-state index in [2.05, 4.69) is 86.3 Å². The van der Waals surface area contributed by atoms with E-state index in [-0.39, 0.29) is 106 Å². The van der Waals surface area contributed by atoms with Crippen LogP contribution in [0.25, 0.3) is 103 Å². The van der Waals surface area contributed by atoms with Crippen molar-refractivity contribution in [2.75, 3.05) is 5.43 Å². The number of nitrogens with one attached hydrogen (secondary N) is 2. The number of aromatic nitrogens is 22. The molecule has 0 atom stereocenters. The van der Waals surface area contributed by atoms with Gasteiger partial charge in [-0.3, -0.25) is 28.3 Å². The predicted octanol–water partition coefficient (Wildman–Crippen LogP) is 12.0. The van der Waals surface area contributed by atoms with E-state index in [1.807, 2.05) is 12.1 Å². The summed E-state index contributed by atoms with van der Waals surface area (Å²) >= 11 is 5.99. The Morgan fingerprint density at radius 3 is 1.27 bits per heavy atom. The lowest BCUT2D eigenvalue weighted by Gasteiger charge is -2.20. The maximum atomic E-state index is 14.4. The number of hydrogen-bond donors (Lipinski definition) is 4. The lowest BCUT2D eigenvalue weighted by molar-refractivity contribution is 0.0501. The van der Waals surface area contributed by atoms with Gasteiger partial charge in [-0.15, -0.1) is 0 Å². The van der Waals surface area contributed by atoms with E-state index in [1.165, 1.54) is 85.7 Å². The quantitative estimate of drug-likeness (QED) is 0.0285. The molecule has 0 fully saturated rings. The third-order valence-corrected chi connectivity index (χ3v) is 17.4. The average Bonchev–Trinajstić information content (AvgIpc) is 1.61. The number of ether oxygens (including phenoxy) is 1. The van der Waals surface area contributed by atoms with E-state index in [0.29, 0.717) is 84.9 Å².